The molecule has 0 spiro atoms. The number of rotatable bonds is 11. The first-order valence-electron chi connectivity index (χ1n) is 11.7. The van der Waals surface area contributed by atoms with E-state index < -0.39 is 33.2 Å². The van der Waals surface area contributed by atoms with Gasteiger partial charge in [-0.3, -0.25) is 9.59 Å². The third-order valence-corrected chi connectivity index (χ3v) is 7.94. The molecule has 1 fully saturated rings. The standard InChI is InChI=1S/C23H33N3O6S2/c1-3-31-13-12-26-19-11-10-18(32-4-2)14-20(19)33-23(26)25-22(28)16-34(29,30)15-21(27)24-17-8-6-5-7-9-17/h10-11,14,17H,3-9,12-13,15-16H2,1-2H3,(H,24,27). The number of hydrogen-bond acceptors (Lipinski definition) is 7. The predicted octanol–water partition coefficient (Wildman–Crippen LogP) is 2.43. The normalized spacial score (nSPS) is 15.5. The van der Waals surface area contributed by atoms with Crippen molar-refractivity contribution >= 4 is 43.2 Å². The Morgan fingerprint density at radius 2 is 1.91 bits per heavy atom. The predicted molar refractivity (Wildman–Crippen MR) is 132 cm³/mol. The second-order valence-electron chi connectivity index (χ2n) is 8.24. The van der Waals surface area contributed by atoms with Gasteiger partial charge in [0.25, 0.3) is 5.91 Å². The van der Waals surface area contributed by atoms with Crippen molar-refractivity contribution in [2.75, 3.05) is 31.3 Å². The Hall–Kier alpha value is -2.24. The molecule has 188 valence electrons. The minimum Gasteiger partial charge on any atom is -0.494 e. The largest absolute Gasteiger partial charge is 0.494 e. The lowest BCUT2D eigenvalue weighted by atomic mass is 9.95. The summed E-state index contributed by atoms with van der Waals surface area (Å²) in [4.78, 5) is 29.3. The van der Waals surface area contributed by atoms with Crippen LogP contribution in [0.5, 0.6) is 5.75 Å². The second kappa shape index (κ2) is 12.5. The number of carbonyl (C=O) groups excluding carboxylic acids is 2. The van der Waals surface area contributed by atoms with Gasteiger partial charge in [0.2, 0.25) is 5.91 Å². The lowest BCUT2D eigenvalue weighted by Gasteiger charge is -2.22. The summed E-state index contributed by atoms with van der Waals surface area (Å²) in [5, 5.41) is 2.78. The Morgan fingerprint density at radius 1 is 1.15 bits per heavy atom. The van der Waals surface area contributed by atoms with Gasteiger partial charge < -0.3 is 19.4 Å². The van der Waals surface area contributed by atoms with Crippen LogP contribution < -0.4 is 14.9 Å². The maximum Gasteiger partial charge on any atom is 0.263 e. The number of amides is 2. The topological polar surface area (TPSA) is 116 Å². The Labute approximate surface area is 204 Å². The average molecular weight is 512 g/mol. The number of fused-ring (bicyclic) bond motifs is 1. The minimum atomic E-state index is -3.93. The maximum absolute atomic E-state index is 12.6. The molecule has 1 aliphatic carbocycles. The zero-order valence-corrected chi connectivity index (χ0v) is 21.4. The molecular weight excluding hydrogens is 478 g/mol. The number of nitrogens with zero attached hydrogens (tertiary/aromatic N) is 2. The third-order valence-electron chi connectivity index (χ3n) is 5.51. The molecule has 1 aliphatic rings. The van der Waals surface area contributed by atoms with Gasteiger partial charge in [0.1, 0.15) is 17.3 Å². The summed E-state index contributed by atoms with van der Waals surface area (Å²) in [7, 11) is -3.93. The molecule has 0 unspecified atom stereocenters. The van der Waals surface area contributed by atoms with Gasteiger partial charge in [-0.15, -0.1) is 0 Å². The lowest BCUT2D eigenvalue weighted by Crippen LogP contribution is -2.40. The average Bonchev–Trinajstić information content (AvgIpc) is 3.10. The van der Waals surface area contributed by atoms with E-state index in [0.717, 1.165) is 42.3 Å². The molecule has 34 heavy (non-hydrogen) atoms. The van der Waals surface area contributed by atoms with E-state index in [4.69, 9.17) is 9.47 Å². The lowest BCUT2D eigenvalue weighted by molar-refractivity contribution is -0.119. The van der Waals surface area contributed by atoms with Crippen LogP contribution in [0.4, 0.5) is 0 Å². The molecular formula is C23H33N3O6S2. The SMILES string of the molecule is CCOCCn1c(=NC(=O)CS(=O)(=O)CC(=O)NC2CCCCC2)sc2cc(OCC)ccc21. The number of nitrogens with one attached hydrogen (secondary N) is 1. The van der Waals surface area contributed by atoms with E-state index in [0.29, 0.717) is 36.9 Å². The molecule has 2 aromatic rings. The fourth-order valence-electron chi connectivity index (χ4n) is 4.01. The Kier molecular flexibility index (Phi) is 9.66. The zero-order chi connectivity index (χ0) is 24.6. The van der Waals surface area contributed by atoms with Gasteiger partial charge in [0.05, 0.1) is 23.4 Å². The summed E-state index contributed by atoms with van der Waals surface area (Å²) in [5.41, 5.74) is 0.856. The van der Waals surface area contributed by atoms with E-state index in [2.05, 4.69) is 10.3 Å². The molecule has 1 aromatic heterocycles. The van der Waals surface area contributed by atoms with Gasteiger partial charge >= 0.3 is 0 Å². The van der Waals surface area contributed by atoms with Gasteiger partial charge in [0, 0.05) is 19.2 Å². The van der Waals surface area contributed by atoms with Crippen molar-refractivity contribution in [2.45, 2.75) is 58.5 Å². The molecule has 1 saturated carbocycles. The summed E-state index contributed by atoms with van der Waals surface area (Å²) in [5.74, 6) is -2.17. The van der Waals surface area contributed by atoms with E-state index in [1.165, 1.54) is 11.3 Å². The summed E-state index contributed by atoms with van der Waals surface area (Å²) < 4.78 is 38.7. The number of sulfone groups is 1. The van der Waals surface area contributed by atoms with Crippen molar-refractivity contribution in [1.29, 1.82) is 0 Å². The number of carbonyl (C=O) groups is 2. The van der Waals surface area contributed by atoms with Crippen LogP contribution in [-0.2, 0) is 30.7 Å². The molecule has 1 heterocycles. The summed E-state index contributed by atoms with van der Waals surface area (Å²) in [6.07, 6.45) is 4.91. The van der Waals surface area contributed by atoms with E-state index in [1.54, 1.807) is 0 Å². The summed E-state index contributed by atoms with van der Waals surface area (Å²) >= 11 is 1.28. The Morgan fingerprint density at radius 3 is 2.62 bits per heavy atom. The molecule has 9 nitrogen and oxygen atoms in total. The summed E-state index contributed by atoms with van der Waals surface area (Å²) in [6.45, 7) is 5.78. The molecule has 0 saturated heterocycles. The van der Waals surface area contributed by atoms with Crippen molar-refractivity contribution in [2.24, 2.45) is 4.99 Å². The molecule has 11 heteroatoms. The van der Waals surface area contributed by atoms with Gasteiger partial charge in [-0.05, 0) is 44.9 Å². The van der Waals surface area contributed by atoms with Crippen LogP contribution in [0.2, 0.25) is 0 Å². The van der Waals surface area contributed by atoms with Crippen molar-refractivity contribution in [1.82, 2.24) is 9.88 Å². The minimum absolute atomic E-state index is 0.0151. The van der Waals surface area contributed by atoms with Crippen molar-refractivity contribution in [3.63, 3.8) is 0 Å². The quantitative estimate of drug-likeness (QED) is 0.463. The van der Waals surface area contributed by atoms with Crippen molar-refractivity contribution < 1.29 is 27.5 Å². The molecule has 0 aliphatic heterocycles. The second-order valence-corrected chi connectivity index (χ2v) is 11.3. The van der Waals surface area contributed by atoms with Crippen LogP contribution in [0.1, 0.15) is 46.0 Å². The third kappa shape index (κ3) is 7.64. The molecule has 2 amide bonds. The monoisotopic (exact) mass is 511 g/mol. The maximum atomic E-state index is 12.6. The number of hydrogen-bond donors (Lipinski definition) is 1. The van der Waals surface area contributed by atoms with Gasteiger partial charge in [0.15, 0.2) is 14.6 Å². The van der Waals surface area contributed by atoms with Crippen LogP contribution in [-0.4, -0.2) is 62.2 Å². The van der Waals surface area contributed by atoms with E-state index in [-0.39, 0.29) is 6.04 Å². The molecule has 0 atom stereocenters. The molecule has 0 bridgehead atoms. The van der Waals surface area contributed by atoms with Gasteiger partial charge in [-0.25, -0.2) is 8.42 Å². The highest BCUT2D eigenvalue weighted by atomic mass is 32.2. The highest BCUT2D eigenvalue weighted by Crippen LogP contribution is 2.23. The fourth-order valence-corrected chi connectivity index (χ4v) is 6.13. The fraction of sp³-hybridized carbons (Fsp3) is 0.609. The number of thiazole rings is 1. The van der Waals surface area contributed by atoms with E-state index >= 15 is 0 Å². The van der Waals surface area contributed by atoms with E-state index in [1.807, 2.05) is 36.6 Å². The number of benzene rings is 1. The van der Waals surface area contributed by atoms with Crippen LogP contribution in [0.15, 0.2) is 23.2 Å². The van der Waals surface area contributed by atoms with E-state index in [9.17, 15) is 18.0 Å². The number of ether oxygens (including phenoxy) is 2. The van der Waals surface area contributed by atoms with Crippen LogP contribution >= 0.6 is 11.3 Å². The van der Waals surface area contributed by atoms with Gasteiger partial charge in [-0.2, -0.15) is 4.99 Å². The first-order valence-corrected chi connectivity index (χ1v) is 14.4. The zero-order valence-electron chi connectivity index (χ0n) is 19.7. The van der Waals surface area contributed by atoms with Crippen LogP contribution in [0.3, 0.4) is 0 Å². The molecule has 1 N–H and O–H groups in total. The Bertz CT molecular complexity index is 1160. The van der Waals surface area contributed by atoms with Crippen LogP contribution in [0, 0.1) is 0 Å². The smallest absolute Gasteiger partial charge is 0.263 e. The first-order chi connectivity index (χ1) is 16.3. The van der Waals surface area contributed by atoms with Crippen molar-refractivity contribution in [3.05, 3.63) is 23.0 Å². The van der Waals surface area contributed by atoms with Crippen molar-refractivity contribution in [3.8, 4) is 5.75 Å². The Balaban J connectivity index is 1.76. The summed E-state index contributed by atoms with van der Waals surface area (Å²) in [6, 6.07) is 5.62. The highest BCUT2D eigenvalue weighted by molar-refractivity contribution is 7.92. The van der Waals surface area contributed by atoms with Crippen LogP contribution in [0.25, 0.3) is 10.2 Å². The molecule has 3 rings (SSSR count). The first kappa shape index (κ1) is 26.4. The van der Waals surface area contributed by atoms with Gasteiger partial charge in [-0.1, -0.05) is 30.6 Å². The number of aromatic nitrogens is 1. The molecule has 0 radical (unpaired) electrons. The highest BCUT2D eigenvalue weighted by Gasteiger charge is 2.23. The molecule has 1 aromatic carbocycles.